The molecule has 2 aromatic rings. The Balaban J connectivity index is 2.40. The summed E-state index contributed by atoms with van der Waals surface area (Å²) >= 11 is 0. The van der Waals surface area contributed by atoms with E-state index in [1.54, 1.807) is 0 Å². The van der Waals surface area contributed by atoms with Crippen LogP contribution in [0.5, 0.6) is 0 Å². The molecule has 0 atom stereocenters. The molecule has 0 aliphatic carbocycles. The normalized spacial score (nSPS) is 10.3. The number of rotatable bonds is 3. The second kappa shape index (κ2) is 4.99. The van der Waals surface area contributed by atoms with Gasteiger partial charge >= 0.3 is 0 Å². The third-order valence-electron chi connectivity index (χ3n) is 2.31. The van der Waals surface area contributed by atoms with Crippen LogP contribution in [0.1, 0.15) is 16.4 Å². The summed E-state index contributed by atoms with van der Waals surface area (Å²) in [4.78, 5) is 25.2. The van der Waals surface area contributed by atoms with Gasteiger partial charge in [0.25, 0.3) is 11.6 Å². The van der Waals surface area contributed by atoms with Gasteiger partial charge in [-0.2, -0.15) is 0 Å². The molecular formula is C10H7F2N5O3. The molecule has 0 bridgehead atoms. The number of aromatic amines is 1. The van der Waals surface area contributed by atoms with Crippen LogP contribution in [0.2, 0.25) is 0 Å². The summed E-state index contributed by atoms with van der Waals surface area (Å²) in [7, 11) is 0. The van der Waals surface area contributed by atoms with Crippen LogP contribution >= 0.6 is 0 Å². The highest BCUT2D eigenvalue weighted by atomic mass is 19.2. The van der Waals surface area contributed by atoms with E-state index in [9.17, 15) is 23.7 Å². The van der Waals surface area contributed by atoms with Crippen LogP contribution in [0.25, 0.3) is 0 Å². The number of nitro benzene ring substituents is 1. The number of hydrogen-bond donors (Lipinski definition) is 2. The largest absolute Gasteiger partial charge is 0.311 e. The minimum atomic E-state index is -1.53. The second-order valence-corrected chi connectivity index (χ2v) is 3.71. The van der Waals surface area contributed by atoms with Gasteiger partial charge in [-0.1, -0.05) is 0 Å². The van der Waals surface area contributed by atoms with Gasteiger partial charge in [0.05, 0.1) is 4.92 Å². The molecule has 0 radical (unpaired) electrons. The van der Waals surface area contributed by atoms with Crippen molar-refractivity contribution in [2.75, 3.05) is 5.32 Å². The quantitative estimate of drug-likeness (QED) is 0.655. The zero-order chi connectivity index (χ0) is 14.9. The minimum absolute atomic E-state index is 0.323. The second-order valence-electron chi connectivity index (χ2n) is 3.71. The molecule has 104 valence electrons. The van der Waals surface area contributed by atoms with Crippen molar-refractivity contribution in [3.8, 4) is 0 Å². The number of nitro groups is 1. The van der Waals surface area contributed by atoms with Crippen LogP contribution in [0.15, 0.2) is 12.1 Å². The first kappa shape index (κ1) is 13.5. The number of carbonyl (C=O) groups excluding carboxylic acids is 1. The number of aromatic nitrogens is 3. The van der Waals surface area contributed by atoms with Gasteiger partial charge in [-0.05, 0) is 13.0 Å². The Morgan fingerprint density at radius 1 is 1.45 bits per heavy atom. The molecule has 0 aliphatic rings. The average Bonchev–Trinajstić information content (AvgIpc) is 2.81. The van der Waals surface area contributed by atoms with Crippen LogP contribution in [-0.2, 0) is 0 Å². The molecule has 1 amide bonds. The summed E-state index contributed by atoms with van der Waals surface area (Å²) in [5.41, 5.74) is -1.65. The zero-order valence-electron chi connectivity index (χ0n) is 9.98. The summed E-state index contributed by atoms with van der Waals surface area (Å²) in [6.07, 6.45) is 0. The van der Waals surface area contributed by atoms with Crippen LogP contribution in [0, 0.1) is 28.7 Å². The summed E-state index contributed by atoms with van der Waals surface area (Å²) in [6.45, 7) is 1.52. The summed E-state index contributed by atoms with van der Waals surface area (Å²) in [5, 5.41) is 18.5. The highest BCUT2D eigenvalue weighted by Gasteiger charge is 2.24. The number of H-pyrrole nitrogens is 1. The highest BCUT2D eigenvalue weighted by molar-refractivity contribution is 6.02. The van der Waals surface area contributed by atoms with Gasteiger partial charge in [-0.25, -0.2) is 13.8 Å². The monoisotopic (exact) mass is 283 g/mol. The summed E-state index contributed by atoms with van der Waals surface area (Å²) in [6, 6.07) is 1.34. The Hall–Kier alpha value is -2.91. The third kappa shape index (κ3) is 2.43. The summed E-state index contributed by atoms with van der Waals surface area (Å²) < 4.78 is 26.7. The Morgan fingerprint density at radius 3 is 2.70 bits per heavy atom. The van der Waals surface area contributed by atoms with E-state index in [-0.39, 0.29) is 5.82 Å². The van der Waals surface area contributed by atoms with Crippen molar-refractivity contribution in [3.05, 3.63) is 45.5 Å². The topological polar surface area (TPSA) is 114 Å². The van der Waals surface area contributed by atoms with Gasteiger partial charge < -0.3 is 5.32 Å². The third-order valence-corrected chi connectivity index (χ3v) is 2.31. The van der Waals surface area contributed by atoms with E-state index >= 15 is 0 Å². The zero-order valence-corrected chi connectivity index (χ0v) is 9.98. The molecular weight excluding hydrogens is 276 g/mol. The van der Waals surface area contributed by atoms with Crippen molar-refractivity contribution in [1.29, 1.82) is 0 Å². The fraction of sp³-hybridized carbons (Fsp3) is 0.100. The molecule has 2 rings (SSSR count). The van der Waals surface area contributed by atoms with Gasteiger partial charge in [0, 0.05) is 6.07 Å². The van der Waals surface area contributed by atoms with Crippen LogP contribution in [0.4, 0.5) is 20.2 Å². The number of amides is 1. The van der Waals surface area contributed by atoms with Gasteiger partial charge in [0.15, 0.2) is 17.3 Å². The van der Waals surface area contributed by atoms with Crippen molar-refractivity contribution in [3.63, 3.8) is 0 Å². The van der Waals surface area contributed by atoms with Crippen molar-refractivity contribution in [2.24, 2.45) is 0 Å². The van der Waals surface area contributed by atoms with Gasteiger partial charge in [0.2, 0.25) is 5.82 Å². The van der Waals surface area contributed by atoms with E-state index < -0.39 is 33.8 Å². The molecule has 1 heterocycles. The Bertz CT molecular complexity index is 700. The number of nitrogens with one attached hydrogen (secondary N) is 2. The first-order valence-electron chi connectivity index (χ1n) is 5.23. The Kier molecular flexibility index (Phi) is 3.37. The fourth-order valence-corrected chi connectivity index (χ4v) is 1.43. The van der Waals surface area contributed by atoms with E-state index in [0.717, 1.165) is 6.07 Å². The van der Waals surface area contributed by atoms with Gasteiger partial charge in [-0.3, -0.25) is 20.0 Å². The average molecular weight is 283 g/mol. The molecule has 20 heavy (non-hydrogen) atoms. The fourth-order valence-electron chi connectivity index (χ4n) is 1.43. The van der Waals surface area contributed by atoms with Gasteiger partial charge in [-0.15, -0.1) is 5.10 Å². The van der Waals surface area contributed by atoms with Crippen LogP contribution in [-0.4, -0.2) is 26.0 Å². The number of aryl methyl sites for hydroxylation is 1. The Morgan fingerprint density at radius 2 is 2.15 bits per heavy atom. The maximum atomic E-state index is 13.6. The molecule has 0 unspecified atom stereocenters. The molecule has 1 aromatic heterocycles. The molecule has 8 nitrogen and oxygen atoms in total. The number of halogens is 2. The molecule has 1 aromatic carbocycles. The van der Waals surface area contributed by atoms with E-state index in [0.29, 0.717) is 11.9 Å². The predicted molar refractivity (Wildman–Crippen MR) is 62.1 cm³/mol. The SMILES string of the molecule is Cc1nc(C(=O)Nc2c([N+](=O)[O-])ccc(F)c2F)n[nH]1. The molecule has 0 spiro atoms. The number of hydrogen-bond acceptors (Lipinski definition) is 5. The van der Waals surface area contributed by atoms with Crippen molar-refractivity contribution in [1.82, 2.24) is 15.2 Å². The predicted octanol–water partition coefficient (Wildman–Crippen LogP) is 1.55. The maximum Gasteiger partial charge on any atom is 0.296 e. The molecule has 0 fully saturated rings. The minimum Gasteiger partial charge on any atom is -0.311 e. The lowest BCUT2D eigenvalue weighted by molar-refractivity contribution is -0.384. The Labute approximate surface area is 110 Å². The van der Waals surface area contributed by atoms with E-state index in [4.69, 9.17) is 0 Å². The highest BCUT2D eigenvalue weighted by Crippen LogP contribution is 2.29. The number of benzene rings is 1. The first-order chi connectivity index (χ1) is 9.40. The van der Waals surface area contributed by atoms with E-state index in [2.05, 4.69) is 15.2 Å². The first-order valence-corrected chi connectivity index (χ1v) is 5.23. The lowest BCUT2D eigenvalue weighted by Gasteiger charge is -2.05. The molecule has 0 saturated carbocycles. The van der Waals surface area contributed by atoms with Crippen LogP contribution < -0.4 is 5.32 Å². The van der Waals surface area contributed by atoms with E-state index in [1.807, 2.05) is 5.32 Å². The molecule has 10 heteroatoms. The van der Waals surface area contributed by atoms with Crippen molar-refractivity contribution >= 4 is 17.3 Å². The summed E-state index contributed by atoms with van der Waals surface area (Å²) in [5.74, 6) is -3.87. The number of anilines is 1. The van der Waals surface area contributed by atoms with Crippen LogP contribution in [0.3, 0.4) is 0 Å². The smallest absolute Gasteiger partial charge is 0.296 e. The molecule has 0 aliphatic heterocycles. The van der Waals surface area contributed by atoms with Gasteiger partial charge in [0.1, 0.15) is 5.82 Å². The lowest BCUT2D eigenvalue weighted by atomic mass is 10.2. The maximum absolute atomic E-state index is 13.6. The lowest BCUT2D eigenvalue weighted by Crippen LogP contribution is -2.16. The van der Waals surface area contributed by atoms with Crippen molar-refractivity contribution in [2.45, 2.75) is 6.92 Å². The molecule has 0 saturated heterocycles. The number of carbonyl (C=O) groups is 1. The number of nitrogens with zero attached hydrogens (tertiary/aromatic N) is 3. The van der Waals surface area contributed by atoms with Crippen molar-refractivity contribution < 1.29 is 18.5 Å². The molecule has 2 N–H and O–H groups in total. The standard InChI is InChI=1S/C10H7F2N5O3/c1-4-13-9(16-15-4)10(18)14-8-6(17(19)20)3-2-5(11)7(8)12/h2-3H,1H3,(H,14,18)(H,13,15,16). The van der Waals surface area contributed by atoms with E-state index in [1.165, 1.54) is 6.92 Å².